The maximum Gasteiger partial charge on any atom is 0.296 e. The number of halogens is 2. The van der Waals surface area contributed by atoms with Gasteiger partial charge in [-0.1, -0.05) is 36.2 Å². The lowest BCUT2D eigenvalue weighted by atomic mass is 9.81. The summed E-state index contributed by atoms with van der Waals surface area (Å²) in [6.07, 6.45) is 7.84. The summed E-state index contributed by atoms with van der Waals surface area (Å²) in [4.78, 5) is 36.5. The third kappa shape index (κ3) is 9.73. The molecule has 2 aromatic heterocycles. The van der Waals surface area contributed by atoms with E-state index in [1.165, 1.54) is 29.0 Å². The molecule has 3 aliphatic rings. The molecule has 5 aromatic rings. The first-order chi connectivity index (χ1) is 29.8. The number of aromatic amines is 1. The monoisotopic (exact) mass is 885 g/mol. The maximum absolute atomic E-state index is 15.5. The van der Waals surface area contributed by atoms with Gasteiger partial charge in [-0.2, -0.15) is 0 Å². The average molecular weight is 886 g/mol. The van der Waals surface area contributed by atoms with Crippen molar-refractivity contribution in [3.8, 4) is 11.5 Å². The van der Waals surface area contributed by atoms with Crippen molar-refractivity contribution >= 4 is 61.2 Å². The van der Waals surface area contributed by atoms with Gasteiger partial charge in [0.15, 0.2) is 5.82 Å². The Bertz CT molecular complexity index is 2620. The zero-order valence-corrected chi connectivity index (χ0v) is 36.1. The number of nitro benzene ring substituents is 1. The SMILES string of the molecule is C[C@H]1CCC(CN2CCN(c3ccc(C(=O)NS(=O)(=O)c4cc(F)c(NCC5CCOCC5)c([N+](=O)[O-])c4)c(Oc4cnc5[nH]ccc5c4)c3)C[C@H]2C)=C(c2ccc(Cl)cc2)C1. The van der Waals surface area contributed by atoms with Gasteiger partial charge in [0.1, 0.15) is 22.8 Å². The van der Waals surface area contributed by atoms with Crippen molar-refractivity contribution in [1.29, 1.82) is 0 Å². The number of piperazine rings is 1. The van der Waals surface area contributed by atoms with Crippen LogP contribution >= 0.6 is 11.6 Å². The molecule has 8 rings (SSSR count). The Morgan fingerprint density at radius 2 is 1.85 bits per heavy atom. The van der Waals surface area contributed by atoms with E-state index in [1.54, 1.807) is 24.4 Å². The number of pyridine rings is 1. The van der Waals surface area contributed by atoms with Gasteiger partial charge in [0, 0.05) is 86.4 Å². The summed E-state index contributed by atoms with van der Waals surface area (Å²) in [6, 6.07) is 18.2. The molecule has 2 fully saturated rings. The molecule has 62 heavy (non-hydrogen) atoms. The molecule has 2 saturated heterocycles. The van der Waals surface area contributed by atoms with Crippen molar-refractivity contribution < 1.29 is 32.0 Å². The molecular formula is C45H49ClFN7O7S. The number of nitro groups is 1. The number of ether oxygens (including phenoxy) is 2. The second-order valence-corrected chi connectivity index (χ2v) is 18.6. The lowest BCUT2D eigenvalue weighted by Crippen LogP contribution is -2.52. The van der Waals surface area contributed by atoms with Gasteiger partial charge in [0.05, 0.1) is 21.6 Å². The Labute approximate surface area is 364 Å². The highest BCUT2D eigenvalue weighted by atomic mass is 35.5. The fraction of sp³-hybridized carbons (Fsp3) is 0.378. The number of nitrogens with zero attached hydrogens (tertiary/aromatic N) is 4. The Morgan fingerprint density at radius 3 is 2.61 bits per heavy atom. The Hall–Kier alpha value is -5.55. The molecule has 0 saturated carbocycles. The van der Waals surface area contributed by atoms with E-state index in [2.05, 4.69) is 51.1 Å². The van der Waals surface area contributed by atoms with Crippen LogP contribution in [0.2, 0.25) is 5.02 Å². The average Bonchev–Trinajstić information content (AvgIpc) is 3.73. The summed E-state index contributed by atoms with van der Waals surface area (Å²) in [5.74, 6) is -1.15. The number of amides is 1. The molecular weight excluding hydrogens is 837 g/mol. The largest absolute Gasteiger partial charge is 0.455 e. The van der Waals surface area contributed by atoms with Gasteiger partial charge < -0.3 is 24.7 Å². The van der Waals surface area contributed by atoms with E-state index in [0.717, 1.165) is 54.5 Å². The molecule has 326 valence electrons. The number of sulfonamides is 1. The van der Waals surface area contributed by atoms with Gasteiger partial charge >= 0.3 is 0 Å². The predicted molar refractivity (Wildman–Crippen MR) is 237 cm³/mol. The summed E-state index contributed by atoms with van der Waals surface area (Å²) in [7, 11) is -4.82. The normalized spacial score (nSPS) is 19.1. The van der Waals surface area contributed by atoms with E-state index in [1.807, 2.05) is 22.9 Å². The van der Waals surface area contributed by atoms with Crippen molar-refractivity contribution in [2.75, 3.05) is 56.2 Å². The van der Waals surface area contributed by atoms with Gasteiger partial charge in [0.25, 0.3) is 21.6 Å². The third-order valence-electron chi connectivity index (χ3n) is 12.1. The number of allylic oxidation sites excluding steroid dienone is 1. The Kier molecular flexibility index (Phi) is 12.8. The first-order valence-electron chi connectivity index (χ1n) is 20.9. The van der Waals surface area contributed by atoms with E-state index < -0.39 is 42.9 Å². The standard InChI is InChI=1S/C45H49ClFN7O7S/c1-28-3-4-33(39(19-28)31-5-7-34(46)8-6-31)27-52-15-16-53(26-29(52)2)35-9-10-38(42(21-35)61-36-20-32-11-14-48-44(32)50-25-36)45(55)51-62(58,59)37-22-40(47)43(41(23-37)54(56)57)49-24-30-12-17-60-18-13-30/h5-11,14,20-23,25,28-30,49H,3-4,12-13,15-19,24,26-27H2,1-2H3,(H,48,50)(H,51,55)/t28-,29+/m0/s1. The van der Waals surface area contributed by atoms with Crippen molar-refractivity contribution in [3.63, 3.8) is 0 Å². The van der Waals surface area contributed by atoms with Crippen LogP contribution in [0.15, 0.2) is 89.6 Å². The molecule has 0 spiro atoms. The summed E-state index contributed by atoms with van der Waals surface area (Å²) < 4.78 is 56.5. The summed E-state index contributed by atoms with van der Waals surface area (Å²) >= 11 is 6.22. The van der Waals surface area contributed by atoms with E-state index in [4.69, 9.17) is 21.1 Å². The number of carbonyl (C=O) groups excluding carboxylic acids is 1. The van der Waals surface area contributed by atoms with Crippen molar-refractivity contribution in [1.82, 2.24) is 19.6 Å². The number of anilines is 2. The third-order valence-corrected chi connectivity index (χ3v) is 13.7. The van der Waals surface area contributed by atoms with Crippen LogP contribution in [0.3, 0.4) is 0 Å². The first kappa shape index (κ1) is 43.1. The fourth-order valence-electron chi connectivity index (χ4n) is 8.58. The topological polar surface area (TPSA) is 172 Å². The minimum Gasteiger partial charge on any atom is -0.455 e. The van der Waals surface area contributed by atoms with Crippen LogP contribution in [0.5, 0.6) is 11.5 Å². The van der Waals surface area contributed by atoms with Crippen LogP contribution in [-0.2, 0) is 14.8 Å². The van der Waals surface area contributed by atoms with Crippen LogP contribution in [0.4, 0.5) is 21.5 Å². The molecule has 3 N–H and O–H groups in total. The van der Waals surface area contributed by atoms with Crippen LogP contribution in [-0.4, -0.2) is 86.1 Å². The molecule has 0 bridgehead atoms. The summed E-state index contributed by atoms with van der Waals surface area (Å²) in [5.41, 5.74) is 4.14. The number of fused-ring (bicyclic) bond motifs is 1. The number of rotatable bonds is 13. The molecule has 1 aliphatic carbocycles. The lowest BCUT2D eigenvalue weighted by molar-refractivity contribution is -0.384. The number of nitrogens with one attached hydrogen (secondary N) is 3. The smallest absolute Gasteiger partial charge is 0.296 e. The van der Waals surface area contributed by atoms with Crippen LogP contribution < -0.4 is 19.7 Å². The van der Waals surface area contributed by atoms with Crippen LogP contribution in [0, 0.1) is 27.8 Å². The van der Waals surface area contributed by atoms with Crippen molar-refractivity contribution in [3.05, 3.63) is 117 Å². The number of H-pyrrole nitrogens is 1. The second kappa shape index (κ2) is 18.4. The number of benzene rings is 3. The molecule has 0 unspecified atom stereocenters. The van der Waals surface area contributed by atoms with E-state index in [-0.39, 0.29) is 29.8 Å². The molecule has 2 atom stereocenters. The van der Waals surface area contributed by atoms with Gasteiger partial charge in [-0.05, 0) is 104 Å². The van der Waals surface area contributed by atoms with Crippen molar-refractivity contribution in [2.24, 2.45) is 11.8 Å². The molecule has 3 aromatic carbocycles. The van der Waals surface area contributed by atoms with Gasteiger partial charge in [0.2, 0.25) is 0 Å². The molecule has 4 heterocycles. The number of hydrogen-bond donors (Lipinski definition) is 3. The Balaban J connectivity index is 1.03. The lowest BCUT2D eigenvalue weighted by Gasteiger charge is -2.42. The highest BCUT2D eigenvalue weighted by molar-refractivity contribution is 7.90. The molecule has 2 aliphatic heterocycles. The van der Waals surface area contributed by atoms with Crippen molar-refractivity contribution in [2.45, 2.75) is 56.9 Å². The summed E-state index contributed by atoms with van der Waals surface area (Å²) in [6.45, 7) is 8.82. The second-order valence-electron chi connectivity index (χ2n) is 16.5. The van der Waals surface area contributed by atoms with Crippen LogP contribution in [0.25, 0.3) is 16.6 Å². The quantitative estimate of drug-likeness (QED) is 0.0762. The van der Waals surface area contributed by atoms with E-state index in [9.17, 15) is 23.3 Å². The number of carbonyl (C=O) groups is 1. The number of aromatic nitrogens is 2. The van der Waals surface area contributed by atoms with E-state index >= 15 is 4.39 Å². The minimum absolute atomic E-state index is 0.0564. The molecule has 0 radical (unpaired) electrons. The minimum atomic E-state index is -4.82. The van der Waals surface area contributed by atoms with Gasteiger partial charge in [-0.15, -0.1) is 0 Å². The predicted octanol–water partition coefficient (Wildman–Crippen LogP) is 8.80. The highest BCUT2D eigenvalue weighted by Crippen LogP contribution is 2.38. The molecule has 17 heteroatoms. The summed E-state index contributed by atoms with van der Waals surface area (Å²) in [5, 5.41) is 16.3. The first-order valence-corrected chi connectivity index (χ1v) is 22.7. The Morgan fingerprint density at radius 1 is 1.06 bits per heavy atom. The maximum atomic E-state index is 15.5. The van der Waals surface area contributed by atoms with Gasteiger partial charge in [-0.3, -0.25) is 19.8 Å². The zero-order chi connectivity index (χ0) is 43.5. The highest BCUT2D eigenvalue weighted by Gasteiger charge is 2.31. The molecule has 1 amide bonds. The fourth-order valence-corrected chi connectivity index (χ4v) is 9.70. The zero-order valence-electron chi connectivity index (χ0n) is 34.5. The molecule has 14 nitrogen and oxygen atoms in total. The van der Waals surface area contributed by atoms with Gasteiger partial charge in [-0.25, -0.2) is 22.5 Å². The van der Waals surface area contributed by atoms with Crippen LogP contribution in [0.1, 0.15) is 61.9 Å². The number of hydrogen-bond acceptors (Lipinski definition) is 11. The van der Waals surface area contributed by atoms with E-state index in [0.29, 0.717) is 62.5 Å².